The van der Waals surface area contributed by atoms with Crippen LogP contribution in [0.5, 0.6) is 11.6 Å². The number of nitrogens with one attached hydrogen (secondary N) is 1. The minimum absolute atomic E-state index is 0.0445. The van der Waals surface area contributed by atoms with Crippen LogP contribution in [-0.4, -0.2) is 70.7 Å². The summed E-state index contributed by atoms with van der Waals surface area (Å²) in [6, 6.07) is 5.55. The number of pyridine rings is 1. The molecule has 1 aliphatic rings. The number of aromatic nitrogens is 2. The number of H-pyrrole nitrogens is 1. The van der Waals surface area contributed by atoms with Gasteiger partial charge in [-0.1, -0.05) is 13.0 Å². The number of nitrogens with zero attached hydrogens (tertiary/aromatic N) is 2. The van der Waals surface area contributed by atoms with Crippen LogP contribution in [-0.2, 0) is 16.8 Å². The molecule has 3 heterocycles. The summed E-state index contributed by atoms with van der Waals surface area (Å²) in [5.41, 5.74) is 1.46. The minimum Gasteiger partial charge on any atom is -0.485 e. The second-order valence-corrected chi connectivity index (χ2v) is 7.81. The van der Waals surface area contributed by atoms with Gasteiger partial charge in [0.25, 0.3) is 0 Å². The van der Waals surface area contributed by atoms with Gasteiger partial charge in [-0.2, -0.15) is 0 Å². The summed E-state index contributed by atoms with van der Waals surface area (Å²) in [4.78, 5) is 20.9. The monoisotopic (exact) mass is 433 g/mol. The zero-order valence-corrected chi connectivity index (χ0v) is 18.3. The molecule has 3 rings (SSSR count). The van der Waals surface area contributed by atoms with Crippen molar-refractivity contribution in [1.29, 1.82) is 0 Å². The molecule has 2 aromatic rings. The Bertz CT molecular complexity index is 862. The molecule has 1 unspecified atom stereocenters. The molecule has 0 aromatic carbocycles. The van der Waals surface area contributed by atoms with E-state index >= 15 is 0 Å². The quantitative estimate of drug-likeness (QED) is 0.542. The Morgan fingerprint density at radius 3 is 2.71 bits per heavy atom. The Kier molecular flexibility index (Phi) is 7.53. The number of β-amino-alcohol motifs (C(OH)–C–C–N with tert-alkyl or cyclic N) is 1. The van der Waals surface area contributed by atoms with Crippen molar-refractivity contribution in [1.82, 2.24) is 14.9 Å². The zero-order valence-electron chi connectivity index (χ0n) is 18.3. The van der Waals surface area contributed by atoms with Crippen LogP contribution in [0, 0.1) is 6.92 Å². The fourth-order valence-electron chi connectivity index (χ4n) is 3.92. The maximum atomic E-state index is 11.5. The molecule has 1 fully saturated rings. The number of rotatable bonds is 8. The van der Waals surface area contributed by atoms with Crippen LogP contribution in [0.25, 0.3) is 0 Å². The SMILES string of the molecule is CCc1c(C)[nH]c(OC(=O)OC)c1OCC(O)CN1CCC(O)(c2ccccn2)CC1. The number of aryl methyl sites for hydroxylation is 1. The first-order valence-corrected chi connectivity index (χ1v) is 10.5. The highest BCUT2D eigenvalue weighted by Crippen LogP contribution is 2.35. The van der Waals surface area contributed by atoms with Gasteiger partial charge in [-0.3, -0.25) is 4.98 Å². The van der Waals surface area contributed by atoms with E-state index in [1.54, 1.807) is 6.20 Å². The van der Waals surface area contributed by atoms with Crippen molar-refractivity contribution in [2.45, 2.75) is 44.8 Å². The van der Waals surface area contributed by atoms with E-state index in [9.17, 15) is 15.0 Å². The van der Waals surface area contributed by atoms with E-state index in [0.29, 0.717) is 50.3 Å². The molecule has 1 saturated heterocycles. The van der Waals surface area contributed by atoms with E-state index in [4.69, 9.17) is 9.47 Å². The van der Waals surface area contributed by atoms with Crippen molar-refractivity contribution in [3.05, 3.63) is 41.3 Å². The third-order valence-corrected chi connectivity index (χ3v) is 5.65. The standard InChI is InChI=1S/C22H31N3O6/c1-4-17-15(2)24-20(31-21(27)29-3)19(17)30-14-16(26)13-25-11-8-22(28,9-12-25)18-7-5-6-10-23-18/h5-7,10,16,24,26,28H,4,8-9,11-14H2,1-3H3. The summed E-state index contributed by atoms with van der Waals surface area (Å²) in [7, 11) is 1.23. The van der Waals surface area contributed by atoms with Crippen molar-refractivity contribution >= 4 is 6.16 Å². The highest BCUT2D eigenvalue weighted by atomic mass is 16.7. The predicted molar refractivity (Wildman–Crippen MR) is 113 cm³/mol. The maximum absolute atomic E-state index is 11.5. The molecule has 9 heteroatoms. The number of carbonyl (C=O) groups excluding carboxylic acids is 1. The first kappa shape index (κ1) is 23.1. The number of carbonyl (C=O) groups is 1. The molecular weight excluding hydrogens is 402 g/mol. The molecule has 1 aliphatic heterocycles. The van der Waals surface area contributed by atoms with Gasteiger partial charge in [-0.15, -0.1) is 0 Å². The smallest absolute Gasteiger partial charge is 0.485 e. The van der Waals surface area contributed by atoms with E-state index in [2.05, 4.69) is 19.6 Å². The largest absolute Gasteiger partial charge is 0.514 e. The Morgan fingerprint density at radius 1 is 1.35 bits per heavy atom. The van der Waals surface area contributed by atoms with Crippen LogP contribution in [0.15, 0.2) is 24.4 Å². The third kappa shape index (κ3) is 5.55. The molecule has 170 valence electrons. The molecule has 0 saturated carbocycles. The zero-order chi connectivity index (χ0) is 22.4. The summed E-state index contributed by atoms with van der Waals surface area (Å²) >= 11 is 0. The van der Waals surface area contributed by atoms with Gasteiger partial charge in [-0.25, -0.2) is 4.79 Å². The number of methoxy groups -OCH3 is 1. The lowest BCUT2D eigenvalue weighted by Gasteiger charge is -2.38. The van der Waals surface area contributed by atoms with Crippen LogP contribution in [0.4, 0.5) is 4.79 Å². The van der Waals surface area contributed by atoms with Crippen molar-refractivity contribution < 1.29 is 29.2 Å². The summed E-state index contributed by atoms with van der Waals surface area (Å²) in [5, 5.41) is 21.4. The molecule has 2 aromatic heterocycles. The van der Waals surface area contributed by atoms with Crippen molar-refractivity contribution in [3.8, 4) is 11.6 Å². The maximum Gasteiger partial charge on any atom is 0.514 e. The van der Waals surface area contributed by atoms with Gasteiger partial charge in [0.05, 0.1) is 12.8 Å². The minimum atomic E-state index is -0.933. The number of ether oxygens (including phenoxy) is 3. The summed E-state index contributed by atoms with van der Waals surface area (Å²) in [5.74, 6) is 0.583. The topological polar surface area (TPSA) is 117 Å². The predicted octanol–water partition coefficient (Wildman–Crippen LogP) is 2.15. The van der Waals surface area contributed by atoms with Gasteiger partial charge in [0.1, 0.15) is 18.3 Å². The molecule has 0 spiro atoms. The molecule has 1 atom stereocenters. The first-order valence-electron chi connectivity index (χ1n) is 10.5. The van der Waals surface area contributed by atoms with Gasteiger partial charge in [0.15, 0.2) is 5.75 Å². The lowest BCUT2D eigenvalue weighted by molar-refractivity contribution is -0.0401. The van der Waals surface area contributed by atoms with Crippen LogP contribution in [0.1, 0.15) is 36.7 Å². The average molecular weight is 434 g/mol. The van der Waals surface area contributed by atoms with Crippen molar-refractivity contribution in [3.63, 3.8) is 0 Å². The molecule has 0 amide bonds. The van der Waals surface area contributed by atoms with Crippen LogP contribution >= 0.6 is 0 Å². The molecule has 31 heavy (non-hydrogen) atoms. The molecule has 9 nitrogen and oxygen atoms in total. The van der Waals surface area contributed by atoms with Crippen molar-refractivity contribution in [2.24, 2.45) is 0 Å². The van der Waals surface area contributed by atoms with E-state index < -0.39 is 17.9 Å². The third-order valence-electron chi connectivity index (χ3n) is 5.65. The molecular formula is C22H31N3O6. The number of aliphatic hydroxyl groups is 2. The number of likely N-dealkylation sites (tertiary alicyclic amines) is 1. The van der Waals surface area contributed by atoms with Gasteiger partial charge >= 0.3 is 6.16 Å². The normalized spacial score (nSPS) is 17.2. The highest BCUT2D eigenvalue weighted by molar-refractivity contribution is 5.65. The average Bonchev–Trinajstić information content (AvgIpc) is 3.08. The van der Waals surface area contributed by atoms with Crippen LogP contribution in [0.3, 0.4) is 0 Å². The lowest BCUT2D eigenvalue weighted by Crippen LogP contribution is -2.46. The van der Waals surface area contributed by atoms with Gasteiger partial charge in [0.2, 0.25) is 5.88 Å². The summed E-state index contributed by atoms with van der Waals surface area (Å²) in [6.45, 7) is 5.58. The number of aliphatic hydroxyl groups excluding tert-OH is 1. The fourth-order valence-corrected chi connectivity index (χ4v) is 3.92. The Morgan fingerprint density at radius 2 is 2.10 bits per heavy atom. The molecule has 3 N–H and O–H groups in total. The fraction of sp³-hybridized carbons (Fsp3) is 0.545. The second-order valence-electron chi connectivity index (χ2n) is 7.81. The molecule has 0 bridgehead atoms. The Hall–Kier alpha value is -2.62. The first-order chi connectivity index (χ1) is 14.9. The number of hydrogen-bond acceptors (Lipinski definition) is 8. The highest BCUT2D eigenvalue weighted by Gasteiger charge is 2.35. The van der Waals surface area contributed by atoms with E-state index in [-0.39, 0.29) is 12.5 Å². The Labute approximate surface area is 182 Å². The number of aromatic amines is 1. The van der Waals surface area contributed by atoms with E-state index in [0.717, 1.165) is 11.3 Å². The summed E-state index contributed by atoms with van der Waals surface area (Å²) < 4.78 is 15.5. The van der Waals surface area contributed by atoms with Crippen LogP contribution < -0.4 is 9.47 Å². The second kappa shape index (κ2) is 10.1. The molecule has 0 aliphatic carbocycles. The van der Waals surface area contributed by atoms with Gasteiger partial charge in [-0.05, 0) is 38.3 Å². The van der Waals surface area contributed by atoms with Gasteiger partial charge in [0, 0.05) is 37.1 Å². The summed E-state index contributed by atoms with van der Waals surface area (Å²) in [6.07, 6.45) is 1.87. The van der Waals surface area contributed by atoms with Gasteiger partial charge < -0.3 is 34.3 Å². The van der Waals surface area contributed by atoms with Crippen molar-refractivity contribution in [2.75, 3.05) is 33.4 Å². The van der Waals surface area contributed by atoms with E-state index in [1.807, 2.05) is 32.0 Å². The number of piperidine rings is 1. The number of hydrogen-bond donors (Lipinski definition) is 3. The van der Waals surface area contributed by atoms with Crippen LogP contribution in [0.2, 0.25) is 0 Å². The lowest BCUT2D eigenvalue weighted by atomic mass is 9.87. The Balaban J connectivity index is 1.54. The van der Waals surface area contributed by atoms with E-state index in [1.165, 1.54) is 7.11 Å². The molecule has 0 radical (unpaired) electrons.